The van der Waals surface area contributed by atoms with Crippen LogP contribution in [0, 0.1) is 6.92 Å². The molecule has 1 aliphatic heterocycles. The van der Waals surface area contributed by atoms with Gasteiger partial charge in [0.2, 0.25) is 0 Å². The van der Waals surface area contributed by atoms with Gasteiger partial charge in [-0.2, -0.15) is 0 Å². The molecule has 0 aliphatic carbocycles. The number of aryl methyl sites for hydroxylation is 1. The van der Waals surface area contributed by atoms with E-state index in [0.717, 1.165) is 25.9 Å². The molecule has 1 atom stereocenters. The van der Waals surface area contributed by atoms with Gasteiger partial charge in [0.1, 0.15) is 6.54 Å². The minimum atomic E-state index is 0.160. The number of hydrogen-bond acceptors (Lipinski definition) is 1. The van der Waals surface area contributed by atoms with Gasteiger partial charge in [-0.1, -0.05) is 48.5 Å². The molecule has 0 saturated heterocycles. The lowest BCUT2D eigenvalue weighted by Crippen LogP contribution is -3.12. The van der Waals surface area contributed by atoms with E-state index in [2.05, 4.69) is 60.8 Å². The summed E-state index contributed by atoms with van der Waals surface area (Å²) in [6, 6.07) is 16.9. The van der Waals surface area contributed by atoms with Gasteiger partial charge in [0.05, 0.1) is 6.54 Å². The average Bonchev–Trinajstić information content (AvgIpc) is 2.56. The van der Waals surface area contributed by atoms with Crippen LogP contribution < -0.4 is 10.2 Å². The molecule has 1 amide bonds. The third-order valence-electron chi connectivity index (χ3n) is 4.70. The summed E-state index contributed by atoms with van der Waals surface area (Å²) in [4.78, 5) is 13.5. The molecule has 0 saturated carbocycles. The summed E-state index contributed by atoms with van der Waals surface area (Å²) in [5, 5.41) is 3.07. The second-order valence-electron chi connectivity index (χ2n) is 6.40. The van der Waals surface area contributed by atoms with Crippen LogP contribution in [0.2, 0.25) is 0 Å². The van der Waals surface area contributed by atoms with Crippen molar-refractivity contribution in [1.82, 2.24) is 5.32 Å². The molecule has 0 fully saturated rings. The molecule has 3 heteroatoms. The fourth-order valence-corrected chi connectivity index (χ4v) is 3.31. The van der Waals surface area contributed by atoms with E-state index in [0.29, 0.717) is 13.1 Å². The molecular weight excluding hydrogens is 284 g/mol. The number of amides is 1. The highest BCUT2D eigenvalue weighted by Crippen LogP contribution is 2.10. The summed E-state index contributed by atoms with van der Waals surface area (Å²) in [6.07, 6.45) is 1.97. The Morgan fingerprint density at radius 1 is 1.09 bits per heavy atom. The van der Waals surface area contributed by atoms with E-state index in [1.807, 2.05) is 0 Å². The van der Waals surface area contributed by atoms with Gasteiger partial charge < -0.3 is 10.2 Å². The number of rotatable bonds is 5. The number of benzene rings is 2. The molecule has 1 unspecified atom stereocenters. The van der Waals surface area contributed by atoms with Gasteiger partial charge in [0, 0.05) is 18.5 Å². The molecular formula is C20H25N2O+. The Hall–Kier alpha value is -2.13. The molecule has 1 heterocycles. The van der Waals surface area contributed by atoms with E-state index in [4.69, 9.17) is 0 Å². The SMILES string of the molecule is Cc1ccccc1CCNC(=O)C[NH+]1CCc2ccccc2C1. The number of carbonyl (C=O) groups excluding carboxylic acids is 1. The molecule has 3 nitrogen and oxygen atoms in total. The monoisotopic (exact) mass is 309 g/mol. The Morgan fingerprint density at radius 3 is 2.65 bits per heavy atom. The second-order valence-corrected chi connectivity index (χ2v) is 6.40. The van der Waals surface area contributed by atoms with Crippen molar-refractivity contribution in [2.45, 2.75) is 26.3 Å². The largest absolute Gasteiger partial charge is 0.351 e. The highest BCUT2D eigenvalue weighted by atomic mass is 16.2. The fraction of sp³-hybridized carbons (Fsp3) is 0.350. The number of nitrogens with one attached hydrogen (secondary N) is 2. The zero-order valence-corrected chi connectivity index (χ0v) is 13.8. The Morgan fingerprint density at radius 2 is 1.83 bits per heavy atom. The molecule has 3 rings (SSSR count). The van der Waals surface area contributed by atoms with Gasteiger partial charge in [-0.3, -0.25) is 4.79 Å². The summed E-state index contributed by atoms with van der Waals surface area (Å²) < 4.78 is 0. The number of quaternary nitrogens is 1. The molecule has 2 aromatic carbocycles. The van der Waals surface area contributed by atoms with Crippen molar-refractivity contribution in [3.05, 3.63) is 70.8 Å². The van der Waals surface area contributed by atoms with Crippen LogP contribution in [0.4, 0.5) is 0 Å². The lowest BCUT2D eigenvalue weighted by Gasteiger charge is -2.25. The second kappa shape index (κ2) is 7.42. The third kappa shape index (κ3) is 4.20. The van der Waals surface area contributed by atoms with Crippen molar-refractivity contribution >= 4 is 5.91 Å². The maximum Gasteiger partial charge on any atom is 0.275 e. The van der Waals surface area contributed by atoms with Gasteiger partial charge in [0.25, 0.3) is 5.91 Å². The molecule has 0 spiro atoms. The number of carbonyl (C=O) groups is 1. The molecule has 23 heavy (non-hydrogen) atoms. The minimum absolute atomic E-state index is 0.160. The first kappa shape index (κ1) is 15.8. The zero-order valence-electron chi connectivity index (χ0n) is 13.8. The van der Waals surface area contributed by atoms with Gasteiger partial charge in [0.15, 0.2) is 6.54 Å². The Bertz CT molecular complexity index is 681. The lowest BCUT2D eigenvalue weighted by atomic mass is 10.00. The van der Waals surface area contributed by atoms with Crippen LogP contribution in [-0.4, -0.2) is 25.5 Å². The van der Waals surface area contributed by atoms with Crippen molar-refractivity contribution in [3.8, 4) is 0 Å². The van der Waals surface area contributed by atoms with Gasteiger partial charge in [-0.15, -0.1) is 0 Å². The van der Waals surface area contributed by atoms with Crippen LogP contribution in [0.1, 0.15) is 22.3 Å². The average molecular weight is 309 g/mol. The zero-order chi connectivity index (χ0) is 16.1. The first-order chi connectivity index (χ1) is 11.2. The van der Waals surface area contributed by atoms with E-state index in [-0.39, 0.29) is 5.91 Å². The van der Waals surface area contributed by atoms with Crippen LogP contribution >= 0.6 is 0 Å². The van der Waals surface area contributed by atoms with Crippen LogP contribution in [0.25, 0.3) is 0 Å². The Balaban J connectivity index is 1.44. The van der Waals surface area contributed by atoms with Crippen LogP contribution in [-0.2, 0) is 24.2 Å². The molecule has 2 aromatic rings. The number of fused-ring (bicyclic) bond motifs is 1. The van der Waals surface area contributed by atoms with Gasteiger partial charge >= 0.3 is 0 Å². The van der Waals surface area contributed by atoms with E-state index in [1.165, 1.54) is 27.2 Å². The summed E-state index contributed by atoms with van der Waals surface area (Å²) in [7, 11) is 0. The van der Waals surface area contributed by atoms with Crippen LogP contribution in [0.3, 0.4) is 0 Å². The summed E-state index contributed by atoms with van der Waals surface area (Å²) in [5.74, 6) is 0.160. The molecule has 0 aromatic heterocycles. The first-order valence-corrected chi connectivity index (χ1v) is 8.44. The smallest absolute Gasteiger partial charge is 0.275 e. The summed E-state index contributed by atoms with van der Waals surface area (Å²) >= 11 is 0. The van der Waals surface area contributed by atoms with Gasteiger partial charge in [-0.05, 0) is 30.0 Å². The van der Waals surface area contributed by atoms with Crippen LogP contribution in [0.5, 0.6) is 0 Å². The predicted octanol–water partition coefficient (Wildman–Crippen LogP) is 1.29. The normalized spacial score (nSPS) is 16.7. The van der Waals surface area contributed by atoms with Gasteiger partial charge in [-0.25, -0.2) is 0 Å². The molecule has 120 valence electrons. The van der Waals surface area contributed by atoms with Crippen LogP contribution in [0.15, 0.2) is 48.5 Å². The van der Waals surface area contributed by atoms with E-state index < -0.39 is 0 Å². The number of hydrogen-bond donors (Lipinski definition) is 2. The minimum Gasteiger partial charge on any atom is -0.351 e. The summed E-state index contributed by atoms with van der Waals surface area (Å²) in [5.41, 5.74) is 5.43. The van der Waals surface area contributed by atoms with Crippen molar-refractivity contribution in [3.63, 3.8) is 0 Å². The van der Waals surface area contributed by atoms with E-state index >= 15 is 0 Å². The molecule has 0 bridgehead atoms. The van der Waals surface area contributed by atoms with Crippen molar-refractivity contribution in [2.24, 2.45) is 0 Å². The molecule has 2 N–H and O–H groups in total. The fourth-order valence-electron chi connectivity index (χ4n) is 3.31. The third-order valence-corrected chi connectivity index (χ3v) is 4.70. The predicted molar refractivity (Wildman–Crippen MR) is 92.4 cm³/mol. The Labute approximate surface area is 138 Å². The van der Waals surface area contributed by atoms with Crippen molar-refractivity contribution < 1.29 is 9.69 Å². The first-order valence-electron chi connectivity index (χ1n) is 8.44. The van der Waals surface area contributed by atoms with Crippen molar-refractivity contribution in [1.29, 1.82) is 0 Å². The lowest BCUT2D eigenvalue weighted by molar-refractivity contribution is -0.908. The van der Waals surface area contributed by atoms with E-state index in [9.17, 15) is 4.79 Å². The topological polar surface area (TPSA) is 33.5 Å². The highest BCUT2D eigenvalue weighted by Gasteiger charge is 2.21. The summed E-state index contributed by atoms with van der Waals surface area (Å²) in [6.45, 7) is 5.41. The standard InChI is InChI=1S/C20H24N2O/c1-16-6-2-3-7-17(16)10-12-21-20(23)15-22-13-11-18-8-4-5-9-19(18)14-22/h2-9H,10-15H2,1H3,(H,21,23)/p+1. The maximum absolute atomic E-state index is 12.2. The van der Waals surface area contributed by atoms with E-state index in [1.54, 1.807) is 0 Å². The highest BCUT2D eigenvalue weighted by molar-refractivity contribution is 5.76. The quantitative estimate of drug-likeness (QED) is 0.857. The molecule has 0 radical (unpaired) electrons. The van der Waals surface area contributed by atoms with Crippen molar-refractivity contribution in [2.75, 3.05) is 19.6 Å². The maximum atomic E-state index is 12.2. The molecule has 1 aliphatic rings. The Kier molecular flexibility index (Phi) is 5.09.